The van der Waals surface area contributed by atoms with E-state index >= 15 is 0 Å². The fraction of sp³-hybridized carbons (Fsp3) is 1.00. The molecule has 2 aliphatic heterocycles. The molecule has 3 nitrogen and oxygen atoms in total. The Morgan fingerprint density at radius 3 is 2.53 bits per heavy atom. The molecule has 0 aliphatic carbocycles. The third-order valence-corrected chi connectivity index (χ3v) is 3.61. The Kier molecular flexibility index (Phi) is 3.65. The second kappa shape index (κ2) is 4.81. The Bertz CT molecular complexity index is 196. The van der Waals surface area contributed by atoms with Gasteiger partial charge >= 0.3 is 0 Å². The van der Waals surface area contributed by atoms with Crippen LogP contribution in [0.15, 0.2) is 0 Å². The number of hydrogen-bond acceptors (Lipinski definition) is 3. The SMILES string of the molecule is CCCCCC1(O)CC2COCC(C1)N2. The zero-order valence-corrected chi connectivity index (χ0v) is 9.67. The van der Waals surface area contributed by atoms with Crippen LogP contribution >= 0.6 is 0 Å². The monoisotopic (exact) mass is 213 g/mol. The standard InChI is InChI=1S/C12H23NO2/c1-2-3-4-5-12(14)6-10-8-15-9-11(7-12)13-10/h10-11,13-14H,2-9H2,1H3. The molecule has 15 heavy (non-hydrogen) atoms. The largest absolute Gasteiger partial charge is 0.390 e. The molecule has 88 valence electrons. The van der Waals surface area contributed by atoms with E-state index in [1.165, 1.54) is 12.8 Å². The maximum Gasteiger partial charge on any atom is 0.0679 e. The van der Waals surface area contributed by atoms with Gasteiger partial charge in [-0.05, 0) is 19.3 Å². The van der Waals surface area contributed by atoms with Crippen molar-refractivity contribution in [2.24, 2.45) is 0 Å². The lowest BCUT2D eigenvalue weighted by atomic mass is 9.79. The first-order valence-corrected chi connectivity index (χ1v) is 6.28. The van der Waals surface area contributed by atoms with Crippen LogP contribution in [0.3, 0.4) is 0 Å². The van der Waals surface area contributed by atoms with Crippen LogP contribution in [0, 0.1) is 0 Å². The number of unbranched alkanes of at least 4 members (excludes halogenated alkanes) is 2. The van der Waals surface area contributed by atoms with Gasteiger partial charge in [-0.15, -0.1) is 0 Å². The van der Waals surface area contributed by atoms with Crippen LogP contribution in [0.25, 0.3) is 0 Å². The summed E-state index contributed by atoms with van der Waals surface area (Å²) in [5.41, 5.74) is -0.417. The van der Waals surface area contributed by atoms with Gasteiger partial charge in [-0.1, -0.05) is 26.2 Å². The Hall–Kier alpha value is -0.120. The number of morpholine rings is 1. The second-order valence-electron chi connectivity index (χ2n) is 5.19. The van der Waals surface area contributed by atoms with Crippen molar-refractivity contribution in [1.82, 2.24) is 5.32 Å². The van der Waals surface area contributed by atoms with Crippen molar-refractivity contribution in [3.63, 3.8) is 0 Å². The number of piperidine rings is 1. The van der Waals surface area contributed by atoms with E-state index in [0.29, 0.717) is 12.1 Å². The third-order valence-electron chi connectivity index (χ3n) is 3.61. The van der Waals surface area contributed by atoms with E-state index in [4.69, 9.17) is 4.74 Å². The van der Waals surface area contributed by atoms with E-state index in [1.807, 2.05) is 0 Å². The summed E-state index contributed by atoms with van der Waals surface area (Å²) in [5.74, 6) is 0. The van der Waals surface area contributed by atoms with Crippen molar-refractivity contribution in [2.75, 3.05) is 13.2 Å². The minimum Gasteiger partial charge on any atom is -0.390 e. The third kappa shape index (κ3) is 2.92. The van der Waals surface area contributed by atoms with Crippen LogP contribution in [0.4, 0.5) is 0 Å². The van der Waals surface area contributed by atoms with Gasteiger partial charge in [-0.3, -0.25) is 0 Å². The quantitative estimate of drug-likeness (QED) is 0.695. The maximum atomic E-state index is 10.5. The second-order valence-corrected chi connectivity index (χ2v) is 5.19. The first-order valence-electron chi connectivity index (χ1n) is 6.28. The van der Waals surface area contributed by atoms with Crippen LogP contribution in [-0.2, 0) is 4.74 Å². The zero-order chi connectivity index (χ0) is 10.7. The first-order chi connectivity index (χ1) is 7.22. The van der Waals surface area contributed by atoms with Gasteiger partial charge in [0, 0.05) is 12.1 Å². The van der Waals surface area contributed by atoms with Crippen LogP contribution in [-0.4, -0.2) is 36.0 Å². The highest BCUT2D eigenvalue weighted by Gasteiger charge is 2.40. The molecule has 2 fully saturated rings. The summed E-state index contributed by atoms with van der Waals surface area (Å²) in [6.45, 7) is 3.74. The predicted octanol–water partition coefficient (Wildman–Crippen LogP) is 1.45. The van der Waals surface area contributed by atoms with E-state index in [9.17, 15) is 5.11 Å². The molecule has 2 bridgehead atoms. The lowest BCUT2D eigenvalue weighted by Crippen LogP contribution is -2.59. The molecule has 2 N–H and O–H groups in total. The summed E-state index contributed by atoms with van der Waals surface area (Å²) in [5, 5.41) is 14.0. The van der Waals surface area contributed by atoms with Crippen molar-refractivity contribution < 1.29 is 9.84 Å². The number of hydrogen-bond donors (Lipinski definition) is 2. The summed E-state index contributed by atoms with van der Waals surface area (Å²) < 4.78 is 5.48. The minimum atomic E-state index is -0.417. The van der Waals surface area contributed by atoms with Gasteiger partial charge in [0.05, 0.1) is 18.8 Å². The highest BCUT2D eigenvalue weighted by Crippen LogP contribution is 2.32. The van der Waals surface area contributed by atoms with Crippen molar-refractivity contribution in [2.45, 2.75) is 63.1 Å². The molecule has 0 aromatic rings. The zero-order valence-electron chi connectivity index (χ0n) is 9.67. The molecule has 0 amide bonds. The molecule has 0 spiro atoms. The van der Waals surface area contributed by atoms with E-state index in [0.717, 1.165) is 38.9 Å². The van der Waals surface area contributed by atoms with Crippen molar-refractivity contribution >= 4 is 0 Å². The lowest BCUT2D eigenvalue weighted by molar-refractivity contribution is -0.0808. The molecule has 3 heteroatoms. The molecule has 2 heterocycles. The first kappa shape index (κ1) is 11.4. The number of rotatable bonds is 4. The summed E-state index contributed by atoms with van der Waals surface area (Å²) >= 11 is 0. The van der Waals surface area contributed by atoms with Gasteiger partial charge in [-0.25, -0.2) is 0 Å². The van der Waals surface area contributed by atoms with Gasteiger partial charge in [-0.2, -0.15) is 0 Å². The van der Waals surface area contributed by atoms with E-state index < -0.39 is 5.60 Å². The van der Waals surface area contributed by atoms with E-state index in [1.54, 1.807) is 0 Å². The maximum absolute atomic E-state index is 10.5. The lowest BCUT2D eigenvalue weighted by Gasteiger charge is -2.45. The number of fused-ring (bicyclic) bond motifs is 2. The van der Waals surface area contributed by atoms with Crippen LogP contribution in [0.2, 0.25) is 0 Å². The highest BCUT2D eigenvalue weighted by molar-refractivity contribution is 4.96. The van der Waals surface area contributed by atoms with Gasteiger partial charge < -0.3 is 15.2 Å². The van der Waals surface area contributed by atoms with E-state index in [-0.39, 0.29) is 0 Å². The van der Waals surface area contributed by atoms with Crippen LogP contribution in [0.1, 0.15) is 45.4 Å². The molecule has 2 rings (SSSR count). The summed E-state index contributed by atoms with van der Waals surface area (Å²) in [6, 6.07) is 0.758. The van der Waals surface area contributed by atoms with E-state index in [2.05, 4.69) is 12.2 Å². The Labute approximate surface area is 92.2 Å². The molecule has 0 saturated carbocycles. The van der Waals surface area contributed by atoms with Crippen LogP contribution < -0.4 is 5.32 Å². The fourth-order valence-corrected chi connectivity index (χ4v) is 2.93. The molecular formula is C12H23NO2. The molecule has 0 aromatic heterocycles. The molecule has 2 aliphatic rings. The predicted molar refractivity (Wildman–Crippen MR) is 59.9 cm³/mol. The van der Waals surface area contributed by atoms with Crippen LogP contribution in [0.5, 0.6) is 0 Å². The Morgan fingerprint density at radius 1 is 1.27 bits per heavy atom. The Morgan fingerprint density at radius 2 is 1.93 bits per heavy atom. The Balaban J connectivity index is 1.85. The number of aliphatic hydroxyl groups is 1. The fourth-order valence-electron chi connectivity index (χ4n) is 2.93. The molecule has 2 saturated heterocycles. The van der Waals surface area contributed by atoms with Gasteiger partial charge in [0.25, 0.3) is 0 Å². The normalized spacial score (nSPS) is 40.4. The minimum absolute atomic E-state index is 0.379. The van der Waals surface area contributed by atoms with Gasteiger partial charge in [0.2, 0.25) is 0 Å². The highest BCUT2D eigenvalue weighted by atomic mass is 16.5. The number of ether oxygens (including phenoxy) is 1. The van der Waals surface area contributed by atoms with Crippen molar-refractivity contribution in [1.29, 1.82) is 0 Å². The van der Waals surface area contributed by atoms with Gasteiger partial charge in [0.15, 0.2) is 0 Å². The van der Waals surface area contributed by atoms with Crippen molar-refractivity contribution in [3.05, 3.63) is 0 Å². The van der Waals surface area contributed by atoms with Crippen molar-refractivity contribution in [3.8, 4) is 0 Å². The number of nitrogens with one attached hydrogen (secondary N) is 1. The summed E-state index contributed by atoms with van der Waals surface area (Å²) in [4.78, 5) is 0. The topological polar surface area (TPSA) is 41.5 Å². The molecule has 0 radical (unpaired) electrons. The summed E-state index contributed by atoms with van der Waals surface area (Å²) in [7, 11) is 0. The molecule has 2 unspecified atom stereocenters. The molecular weight excluding hydrogens is 190 g/mol. The average Bonchev–Trinajstić information content (AvgIpc) is 2.17. The molecule has 0 aromatic carbocycles. The smallest absolute Gasteiger partial charge is 0.0679 e. The average molecular weight is 213 g/mol. The molecule has 2 atom stereocenters. The van der Waals surface area contributed by atoms with Gasteiger partial charge in [0.1, 0.15) is 0 Å². The summed E-state index contributed by atoms with van der Waals surface area (Å²) in [6.07, 6.45) is 6.33.